The van der Waals surface area contributed by atoms with E-state index in [0.29, 0.717) is 0 Å². The van der Waals surface area contributed by atoms with Crippen LogP contribution in [-0.2, 0) is 9.36 Å². The van der Waals surface area contributed by atoms with Crippen LogP contribution in [0.5, 0.6) is 0 Å². The Hall–Kier alpha value is 0.150. The summed E-state index contributed by atoms with van der Waals surface area (Å²) in [5.74, 6) is -0.521. The molecule has 1 N–H and O–H groups in total. The summed E-state index contributed by atoms with van der Waals surface area (Å²) in [5.41, 5.74) is 0. The molecule has 0 aliphatic heterocycles. The topological polar surface area (TPSA) is 54.4 Å². The number of carbonyl (C=O) groups excluding carboxylic acids is 1. The Kier molecular flexibility index (Phi) is 4.30. The van der Waals surface area contributed by atoms with E-state index in [4.69, 9.17) is 16.5 Å². The summed E-state index contributed by atoms with van der Waals surface area (Å²) in [6.07, 6.45) is 0.188. The van der Waals surface area contributed by atoms with Crippen molar-refractivity contribution < 1.29 is 14.3 Å². The van der Waals surface area contributed by atoms with Gasteiger partial charge >= 0.3 is 0 Å². The maximum atomic E-state index is 11.0. The van der Waals surface area contributed by atoms with E-state index in [1.807, 2.05) is 0 Å². The first kappa shape index (κ1) is 11.2. The zero-order valence-electron chi connectivity index (χ0n) is 6.58. The molecule has 2 unspecified atom stereocenters. The molecule has 0 aliphatic carbocycles. The fraction of sp³-hybridized carbons (Fsp3) is 0.833. The van der Waals surface area contributed by atoms with Crippen molar-refractivity contribution in [2.24, 2.45) is 5.92 Å². The van der Waals surface area contributed by atoms with Crippen molar-refractivity contribution >= 4 is 24.2 Å². The summed E-state index contributed by atoms with van der Waals surface area (Å²) in [5, 5.41) is -0.548. The Morgan fingerprint density at radius 3 is 2.45 bits per heavy atom. The quantitative estimate of drug-likeness (QED) is 0.552. The molecule has 66 valence electrons. The molecule has 5 heteroatoms. The van der Waals surface area contributed by atoms with Gasteiger partial charge in [-0.05, 0) is 11.6 Å². The van der Waals surface area contributed by atoms with Gasteiger partial charge in [-0.25, -0.2) is 0 Å². The minimum atomic E-state index is -3.09. The number of rotatable bonds is 4. The standard InChI is InChI=1S/C6H12ClO3P/c1-3-11(9,10)4-5(2)6(7)8/h5H,3-4H2,1-2H3,(H,9,10). The highest BCUT2D eigenvalue weighted by atomic mass is 35.5. The second-order valence-corrected chi connectivity index (χ2v) is 5.61. The van der Waals surface area contributed by atoms with Gasteiger partial charge in [0.1, 0.15) is 0 Å². The lowest BCUT2D eigenvalue weighted by molar-refractivity contribution is -0.114. The third kappa shape index (κ3) is 4.57. The fourth-order valence-electron chi connectivity index (χ4n) is 0.629. The van der Waals surface area contributed by atoms with Gasteiger partial charge in [0.05, 0.1) is 0 Å². The molecule has 0 heterocycles. The van der Waals surface area contributed by atoms with E-state index >= 15 is 0 Å². The van der Waals surface area contributed by atoms with Crippen LogP contribution in [0.25, 0.3) is 0 Å². The molecule has 0 spiro atoms. The Bertz CT molecular complexity index is 192. The highest BCUT2D eigenvalue weighted by molar-refractivity contribution is 7.58. The first-order valence-corrected chi connectivity index (χ1v) is 5.80. The molecular formula is C6H12ClO3P. The Labute approximate surface area is 71.2 Å². The molecular weight excluding hydrogens is 186 g/mol. The summed E-state index contributed by atoms with van der Waals surface area (Å²) in [6, 6.07) is 0. The van der Waals surface area contributed by atoms with Crippen LogP contribution in [0.3, 0.4) is 0 Å². The molecule has 0 bridgehead atoms. The van der Waals surface area contributed by atoms with Crippen molar-refractivity contribution in [1.29, 1.82) is 0 Å². The van der Waals surface area contributed by atoms with Crippen LogP contribution in [0, 0.1) is 5.92 Å². The second kappa shape index (κ2) is 4.24. The van der Waals surface area contributed by atoms with Gasteiger partial charge in [0.25, 0.3) is 0 Å². The number of hydrogen-bond acceptors (Lipinski definition) is 2. The van der Waals surface area contributed by atoms with Crippen LogP contribution in [0.1, 0.15) is 13.8 Å². The van der Waals surface area contributed by atoms with Crippen LogP contribution in [0.15, 0.2) is 0 Å². The van der Waals surface area contributed by atoms with Crippen molar-refractivity contribution in [2.45, 2.75) is 13.8 Å². The predicted octanol–water partition coefficient (Wildman–Crippen LogP) is 1.68. The van der Waals surface area contributed by atoms with Crippen molar-refractivity contribution in [1.82, 2.24) is 0 Å². The average molecular weight is 199 g/mol. The van der Waals surface area contributed by atoms with Gasteiger partial charge in [-0.1, -0.05) is 13.8 Å². The molecule has 3 nitrogen and oxygen atoms in total. The van der Waals surface area contributed by atoms with E-state index in [2.05, 4.69) is 0 Å². The Morgan fingerprint density at radius 1 is 1.73 bits per heavy atom. The van der Waals surface area contributed by atoms with Crippen LogP contribution < -0.4 is 0 Å². The highest BCUT2D eigenvalue weighted by Crippen LogP contribution is 2.41. The molecule has 0 rings (SSSR count). The summed E-state index contributed by atoms with van der Waals surface area (Å²) < 4.78 is 11.0. The molecule has 0 saturated heterocycles. The largest absolute Gasteiger partial charge is 0.344 e. The molecule has 0 radical (unpaired) electrons. The van der Waals surface area contributed by atoms with Gasteiger partial charge in [0.2, 0.25) is 12.6 Å². The van der Waals surface area contributed by atoms with Gasteiger partial charge in [0, 0.05) is 18.2 Å². The van der Waals surface area contributed by atoms with E-state index < -0.39 is 18.5 Å². The van der Waals surface area contributed by atoms with E-state index in [1.165, 1.54) is 0 Å². The van der Waals surface area contributed by atoms with E-state index in [0.717, 1.165) is 0 Å². The minimum Gasteiger partial charge on any atom is -0.344 e. The lowest BCUT2D eigenvalue weighted by atomic mass is 10.2. The number of hydrogen-bond donors (Lipinski definition) is 1. The maximum absolute atomic E-state index is 11.0. The fourth-order valence-corrected chi connectivity index (χ4v) is 2.09. The summed E-state index contributed by atoms with van der Waals surface area (Å²) >= 11 is 5.12. The van der Waals surface area contributed by atoms with Gasteiger partial charge in [-0.2, -0.15) is 0 Å². The Balaban J connectivity index is 4.04. The van der Waals surface area contributed by atoms with Crippen LogP contribution in [0.4, 0.5) is 0 Å². The van der Waals surface area contributed by atoms with E-state index in [1.54, 1.807) is 13.8 Å². The smallest absolute Gasteiger partial charge is 0.224 e. The second-order valence-electron chi connectivity index (χ2n) is 2.55. The van der Waals surface area contributed by atoms with Crippen molar-refractivity contribution in [3.63, 3.8) is 0 Å². The van der Waals surface area contributed by atoms with Crippen molar-refractivity contribution in [2.75, 3.05) is 12.3 Å². The minimum absolute atomic E-state index is 0.00810. The average Bonchev–Trinajstić information content (AvgIpc) is 1.87. The number of halogens is 1. The molecule has 0 aliphatic rings. The first-order chi connectivity index (χ1) is 4.89. The molecule has 11 heavy (non-hydrogen) atoms. The van der Waals surface area contributed by atoms with Gasteiger partial charge in [-0.15, -0.1) is 0 Å². The zero-order valence-corrected chi connectivity index (χ0v) is 8.23. The molecule has 0 amide bonds. The molecule has 0 aromatic heterocycles. The maximum Gasteiger partial charge on any atom is 0.224 e. The monoisotopic (exact) mass is 198 g/mol. The predicted molar refractivity (Wildman–Crippen MR) is 45.3 cm³/mol. The van der Waals surface area contributed by atoms with Gasteiger partial charge in [0.15, 0.2) is 0 Å². The van der Waals surface area contributed by atoms with Crippen LogP contribution in [0.2, 0.25) is 0 Å². The normalized spacial score (nSPS) is 18.9. The van der Waals surface area contributed by atoms with Gasteiger partial charge in [-0.3, -0.25) is 9.36 Å². The van der Waals surface area contributed by atoms with E-state index in [-0.39, 0.29) is 12.3 Å². The summed E-state index contributed by atoms with van der Waals surface area (Å²) in [4.78, 5) is 19.6. The summed E-state index contributed by atoms with van der Waals surface area (Å²) in [7, 11) is -3.09. The molecule has 0 saturated carbocycles. The molecule has 0 fully saturated rings. The van der Waals surface area contributed by atoms with Crippen molar-refractivity contribution in [3.05, 3.63) is 0 Å². The molecule has 2 atom stereocenters. The Morgan fingerprint density at radius 2 is 2.18 bits per heavy atom. The third-order valence-corrected chi connectivity index (χ3v) is 3.92. The lowest BCUT2D eigenvalue weighted by Gasteiger charge is -2.11. The zero-order chi connectivity index (χ0) is 9.07. The third-order valence-electron chi connectivity index (χ3n) is 1.44. The highest BCUT2D eigenvalue weighted by Gasteiger charge is 2.22. The molecule has 0 aromatic rings. The lowest BCUT2D eigenvalue weighted by Crippen LogP contribution is -2.10. The number of carbonyl (C=O) groups is 1. The van der Waals surface area contributed by atoms with Crippen LogP contribution >= 0.6 is 19.0 Å². The van der Waals surface area contributed by atoms with Crippen molar-refractivity contribution in [3.8, 4) is 0 Å². The molecule has 0 aromatic carbocycles. The van der Waals surface area contributed by atoms with Crippen LogP contribution in [-0.4, -0.2) is 22.5 Å². The summed E-state index contributed by atoms with van der Waals surface area (Å²) in [6.45, 7) is 3.17. The first-order valence-electron chi connectivity index (χ1n) is 3.39. The SMILES string of the molecule is CCP(=O)(O)CC(C)C(=O)Cl. The van der Waals surface area contributed by atoms with E-state index in [9.17, 15) is 9.36 Å². The van der Waals surface area contributed by atoms with Gasteiger partial charge < -0.3 is 4.89 Å².